The van der Waals surface area contributed by atoms with E-state index in [-0.39, 0.29) is 11.8 Å². The minimum Gasteiger partial charge on any atom is -0.377 e. The van der Waals surface area contributed by atoms with Crippen molar-refractivity contribution in [3.05, 3.63) is 46.4 Å². The summed E-state index contributed by atoms with van der Waals surface area (Å²) in [5, 5.41) is 0.214. The fourth-order valence-electron chi connectivity index (χ4n) is 1.92. The van der Waals surface area contributed by atoms with E-state index >= 15 is 0 Å². The molecule has 7 heteroatoms. The molecule has 0 fully saturated rings. The van der Waals surface area contributed by atoms with Crippen molar-refractivity contribution in [2.24, 2.45) is 0 Å². The molecule has 0 unspecified atom stereocenters. The van der Waals surface area contributed by atoms with Gasteiger partial charge in [-0.15, -0.1) is 0 Å². The minimum absolute atomic E-state index is 0.174. The third-order valence-corrected chi connectivity index (χ3v) is 3.04. The molecule has 2 aromatic rings. The highest BCUT2D eigenvalue weighted by Gasteiger charge is 2.30. The lowest BCUT2D eigenvalue weighted by molar-refractivity contribution is -0.137. The number of benzene rings is 1. The summed E-state index contributed by atoms with van der Waals surface area (Å²) in [4.78, 5) is 8.23. The standard InChI is InChI=1S/C14H12ClF3N2O/c1-8-5-9(14(16,17)18)3-4-10(8)11-6-12(15)20-13(19-11)7-21-2/h3-6H,7H2,1-2H3. The highest BCUT2D eigenvalue weighted by Crippen LogP contribution is 2.33. The van der Waals surface area contributed by atoms with E-state index in [1.54, 1.807) is 6.92 Å². The molecule has 0 amide bonds. The number of ether oxygens (including phenoxy) is 1. The number of hydrogen-bond donors (Lipinski definition) is 0. The molecule has 0 atom stereocenters. The number of alkyl halides is 3. The molecule has 0 radical (unpaired) electrons. The first-order chi connectivity index (χ1) is 9.81. The Hall–Kier alpha value is -1.66. The van der Waals surface area contributed by atoms with Crippen molar-refractivity contribution in [3.8, 4) is 11.3 Å². The fraction of sp³-hybridized carbons (Fsp3) is 0.286. The fourth-order valence-corrected chi connectivity index (χ4v) is 2.12. The molecule has 0 aliphatic heterocycles. The minimum atomic E-state index is -4.37. The van der Waals surface area contributed by atoms with E-state index in [0.717, 1.165) is 12.1 Å². The molecular formula is C14H12ClF3N2O. The van der Waals surface area contributed by atoms with Gasteiger partial charge in [0.05, 0.1) is 11.3 Å². The molecule has 0 N–H and O–H groups in total. The first kappa shape index (κ1) is 15.7. The Labute approximate surface area is 124 Å². The van der Waals surface area contributed by atoms with E-state index in [0.29, 0.717) is 22.6 Å². The van der Waals surface area contributed by atoms with Crippen LogP contribution >= 0.6 is 11.6 Å². The number of hydrogen-bond acceptors (Lipinski definition) is 3. The second-order valence-corrected chi connectivity index (χ2v) is 4.84. The number of aryl methyl sites for hydroxylation is 1. The van der Waals surface area contributed by atoms with Gasteiger partial charge in [0.2, 0.25) is 0 Å². The van der Waals surface area contributed by atoms with E-state index in [4.69, 9.17) is 16.3 Å². The highest BCUT2D eigenvalue weighted by molar-refractivity contribution is 6.29. The number of halogens is 4. The van der Waals surface area contributed by atoms with E-state index in [1.807, 2.05) is 0 Å². The molecule has 21 heavy (non-hydrogen) atoms. The van der Waals surface area contributed by atoms with E-state index in [9.17, 15) is 13.2 Å². The smallest absolute Gasteiger partial charge is 0.377 e. The SMILES string of the molecule is COCc1nc(Cl)cc(-c2ccc(C(F)(F)F)cc2C)n1. The number of methoxy groups -OCH3 is 1. The third kappa shape index (κ3) is 3.71. The zero-order valence-corrected chi connectivity index (χ0v) is 12.1. The normalized spacial score (nSPS) is 11.7. The van der Waals surface area contributed by atoms with Crippen molar-refractivity contribution >= 4 is 11.6 Å². The van der Waals surface area contributed by atoms with Crippen LogP contribution in [0.5, 0.6) is 0 Å². The van der Waals surface area contributed by atoms with Gasteiger partial charge in [0.25, 0.3) is 0 Å². The van der Waals surface area contributed by atoms with Crippen LogP contribution < -0.4 is 0 Å². The Morgan fingerprint density at radius 1 is 1.19 bits per heavy atom. The van der Waals surface area contributed by atoms with Gasteiger partial charge < -0.3 is 4.74 Å². The van der Waals surface area contributed by atoms with Crippen molar-refractivity contribution in [2.45, 2.75) is 19.7 Å². The number of rotatable bonds is 3. The lowest BCUT2D eigenvalue weighted by atomic mass is 10.0. The molecule has 1 aromatic carbocycles. The van der Waals surface area contributed by atoms with Crippen molar-refractivity contribution in [2.75, 3.05) is 7.11 Å². The van der Waals surface area contributed by atoms with Crippen LogP contribution in [0.1, 0.15) is 17.0 Å². The molecule has 0 bridgehead atoms. The molecule has 0 saturated carbocycles. The van der Waals surface area contributed by atoms with Crippen LogP contribution in [0, 0.1) is 6.92 Å². The summed E-state index contributed by atoms with van der Waals surface area (Å²) in [5.74, 6) is 0.374. The third-order valence-electron chi connectivity index (χ3n) is 2.84. The molecule has 3 nitrogen and oxygen atoms in total. The van der Waals surface area contributed by atoms with Crippen LogP contribution in [0.15, 0.2) is 24.3 Å². The first-order valence-electron chi connectivity index (χ1n) is 6.02. The van der Waals surface area contributed by atoms with Crippen LogP contribution in [-0.2, 0) is 17.5 Å². The average Bonchev–Trinajstić information content (AvgIpc) is 2.37. The van der Waals surface area contributed by atoms with Crippen molar-refractivity contribution in [1.82, 2.24) is 9.97 Å². The predicted octanol–water partition coefficient (Wildman–Crippen LogP) is 4.27. The number of aromatic nitrogens is 2. The van der Waals surface area contributed by atoms with Gasteiger partial charge in [0, 0.05) is 18.7 Å². The van der Waals surface area contributed by atoms with Crippen LogP contribution in [0.4, 0.5) is 13.2 Å². The highest BCUT2D eigenvalue weighted by atomic mass is 35.5. The Bertz CT molecular complexity index is 659. The Morgan fingerprint density at radius 2 is 1.90 bits per heavy atom. The summed E-state index contributed by atoms with van der Waals surface area (Å²) in [7, 11) is 1.49. The molecule has 0 saturated heterocycles. The van der Waals surface area contributed by atoms with Crippen molar-refractivity contribution in [3.63, 3.8) is 0 Å². The molecule has 0 spiro atoms. The summed E-state index contributed by atoms with van der Waals surface area (Å²) >= 11 is 5.91. The van der Waals surface area contributed by atoms with Crippen LogP contribution in [-0.4, -0.2) is 17.1 Å². The molecule has 112 valence electrons. The largest absolute Gasteiger partial charge is 0.416 e. The molecule has 0 aliphatic rings. The summed E-state index contributed by atoms with van der Waals surface area (Å²) in [5.41, 5.74) is 0.807. The molecular weight excluding hydrogens is 305 g/mol. The van der Waals surface area contributed by atoms with Gasteiger partial charge in [-0.05, 0) is 24.6 Å². The summed E-state index contributed by atoms with van der Waals surface area (Å²) in [6.45, 7) is 1.77. The summed E-state index contributed by atoms with van der Waals surface area (Å²) in [6, 6.07) is 5.00. The van der Waals surface area contributed by atoms with Gasteiger partial charge >= 0.3 is 6.18 Å². The van der Waals surface area contributed by atoms with Crippen LogP contribution in [0.2, 0.25) is 5.15 Å². The van der Waals surface area contributed by atoms with E-state index in [1.165, 1.54) is 19.2 Å². The quantitative estimate of drug-likeness (QED) is 0.793. The van der Waals surface area contributed by atoms with Gasteiger partial charge in [0.15, 0.2) is 5.82 Å². The Balaban J connectivity index is 2.47. The predicted molar refractivity (Wildman–Crippen MR) is 72.9 cm³/mol. The lowest BCUT2D eigenvalue weighted by Gasteiger charge is -2.11. The van der Waals surface area contributed by atoms with Gasteiger partial charge in [-0.3, -0.25) is 0 Å². The Kier molecular flexibility index (Phi) is 4.49. The maximum Gasteiger partial charge on any atom is 0.416 e. The molecule has 2 rings (SSSR count). The van der Waals surface area contributed by atoms with Crippen LogP contribution in [0.25, 0.3) is 11.3 Å². The molecule has 1 heterocycles. The van der Waals surface area contributed by atoms with Crippen molar-refractivity contribution in [1.29, 1.82) is 0 Å². The molecule has 0 aliphatic carbocycles. The topological polar surface area (TPSA) is 35.0 Å². The lowest BCUT2D eigenvalue weighted by Crippen LogP contribution is -2.05. The number of nitrogens with zero attached hydrogens (tertiary/aromatic N) is 2. The maximum absolute atomic E-state index is 12.7. The Morgan fingerprint density at radius 3 is 2.48 bits per heavy atom. The van der Waals surface area contributed by atoms with Gasteiger partial charge in [-0.25, -0.2) is 9.97 Å². The van der Waals surface area contributed by atoms with E-state index in [2.05, 4.69) is 9.97 Å². The van der Waals surface area contributed by atoms with Crippen LogP contribution in [0.3, 0.4) is 0 Å². The summed E-state index contributed by atoms with van der Waals surface area (Å²) < 4.78 is 42.9. The van der Waals surface area contributed by atoms with Gasteiger partial charge in [-0.2, -0.15) is 13.2 Å². The monoisotopic (exact) mass is 316 g/mol. The second-order valence-electron chi connectivity index (χ2n) is 4.45. The first-order valence-corrected chi connectivity index (χ1v) is 6.39. The second kappa shape index (κ2) is 5.99. The van der Waals surface area contributed by atoms with Gasteiger partial charge in [0.1, 0.15) is 11.8 Å². The maximum atomic E-state index is 12.7. The molecule has 1 aromatic heterocycles. The van der Waals surface area contributed by atoms with Crippen molar-refractivity contribution < 1.29 is 17.9 Å². The zero-order chi connectivity index (χ0) is 15.6. The zero-order valence-electron chi connectivity index (χ0n) is 11.3. The summed E-state index contributed by atoms with van der Waals surface area (Å²) in [6.07, 6.45) is -4.37. The average molecular weight is 317 g/mol. The van der Waals surface area contributed by atoms with Gasteiger partial charge in [-0.1, -0.05) is 17.7 Å². The van der Waals surface area contributed by atoms with E-state index < -0.39 is 11.7 Å².